The Morgan fingerprint density at radius 3 is 2.62 bits per heavy atom. The predicted molar refractivity (Wildman–Crippen MR) is 94.1 cm³/mol. The molecule has 0 aromatic heterocycles. The molecular weight excluding hydrogens is 354 g/mol. The van der Waals surface area contributed by atoms with Crippen molar-refractivity contribution in [1.29, 1.82) is 0 Å². The van der Waals surface area contributed by atoms with Crippen molar-refractivity contribution in [2.75, 3.05) is 33.4 Å². The van der Waals surface area contributed by atoms with Gasteiger partial charge in [-0.1, -0.05) is 0 Å². The Morgan fingerprint density at radius 2 is 2.04 bits per heavy atom. The molecule has 136 valence electrons. The van der Waals surface area contributed by atoms with Crippen molar-refractivity contribution in [3.63, 3.8) is 0 Å². The molecule has 3 N–H and O–H groups in total. The van der Waals surface area contributed by atoms with Crippen LogP contribution in [0.15, 0.2) is 29.2 Å². The summed E-state index contributed by atoms with van der Waals surface area (Å²) in [6.07, 6.45) is 2.19. The van der Waals surface area contributed by atoms with Gasteiger partial charge in [0, 0.05) is 31.8 Å². The maximum Gasteiger partial charge on any atom is 0.251 e. The Balaban J connectivity index is 0.00000288. The van der Waals surface area contributed by atoms with Gasteiger partial charge in [0.05, 0.1) is 11.5 Å². The lowest BCUT2D eigenvalue weighted by molar-refractivity contribution is 0.0950. The summed E-state index contributed by atoms with van der Waals surface area (Å²) >= 11 is 0. The van der Waals surface area contributed by atoms with E-state index < -0.39 is 10.0 Å². The lowest BCUT2D eigenvalue weighted by Crippen LogP contribution is -2.37. The van der Waals surface area contributed by atoms with Crippen LogP contribution in [0.4, 0.5) is 0 Å². The second kappa shape index (κ2) is 9.95. The van der Waals surface area contributed by atoms with Gasteiger partial charge in [0.15, 0.2) is 0 Å². The first-order valence-electron chi connectivity index (χ1n) is 7.63. The fourth-order valence-corrected chi connectivity index (χ4v) is 3.41. The van der Waals surface area contributed by atoms with Gasteiger partial charge in [-0.15, -0.1) is 12.4 Å². The molecule has 9 heteroatoms. The minimum absolute atomic E-state index is 0. The van der Waals surface area contributed by atoms with E-state index in [0.29, 0.717) is 24.8 Å². The van der Waals surface area contributed by atoms with Crippen molar-refractivity contribution >= 4 is 28.3 Å². The molecule has 1 aliphatic heterocycles. The van der Waals surface area contributed by atoms with Crippen molar-refractivity contribution in [2.24, 2.45) is 0 Å². The Morgan fingerprint density at radius 1 is 1.33 bits per heavy atom. The van der Waals surface area contributed by atoms with Crippen LogP contribution in [0, 0.1) is 0 Å². The van der Waals surface area contributed by atoms with Gasteiger partial charge in [-0.2, -0.15) is 0 Å². The zero-order valence-electron chi connectivity index (χ0n) is 13.6. The van der Waals surface area contributed by atoms with Gasteiger partial charge < -0.3 is 15.4 Å². The van der Waals surface area contributed by atoms with Gasteiger partial charge in [0.1, 0.15) is 0 Å². The Bertz CT molecular complexity index is 616. The van der Waals surface area contributed by atoms with Crippen LogP contribution < -0.4 is 15.4 Å². The molecule has 0 radical (unpaired) electrons. The summed E-state index contributed by atoms with van der Waals surface area (Å²) in [5.41, 5.74) is 0.443. The molecule has 1 heterocycles. The number of hydrogen-bond acceptors (Lipinski definition) is 5. The number of rotatable bonds is 8. The highest BCUT2D eigenvalue weighted by molar-refractivity contribution is 7.89. The number of methoxy groups -OCH3 is 1. The van der Waals surface area contributed by atoms with Crippen LogP contribution in [0.3, 0.4) is 0 Å². The molecule has 1 amide bonds. The van der Waals surface area contributed by atoms with E-state index in [9.17, 15) is 13.2 Å². The topological polar surface area (TPSA) is 96.5 Å². The molecule has 0 aliphatic carbocycles. The summed E-state index contributed by atoms with van der Waals surface area (Å²) < 4.78 is 31.3. The van der Waals surface area contributed by atoms with E-state index in [1.54, 1.807) is 0 Å². The highest BCUT2D eigenvalue weighted by atomic mass is 35.5. The highest BCUT2D eigenvalue weighted by Gasteiger charge is 2.17. The molecule has 1 unspecified atom stereocenters. The minimum atomic E-state index is -3.57. The van der Waals surface area contributed by atoms with Gasteiger partial charge in [-0.25, -0.2) is 13.1 Å². The molecule has 1 aromatic rings. The Labute approximate surface area is 149 Å². The van der Waals surface area contributed by atoms with E-state index in [2.05, 4.69) is 15.4 Å². The number of carbonyl (C=O) groups excluding carboxylic acids is 1. The van der Waals surface area contributed by atoms with Gasteiger partial charge in [0.2, 0.25) is 10.0 Å². The third-order valence-electron chi connectivity index (χ3n) is 3.70. The Hall–Kier alpha value is -1.19. The maximum absolute atomic E-state index is 12.1. The molecule has 1 aliphatic rings. The lowest BCUT2D eigenvalue weighted by atomic mass is 10.2. The van der Waals surface area contributed by atoms with E-state index in [4.69, 9.17) is 4.74 Å². The van der Waals surface area contributed by atoms with Crippen LogP contribution in [0.2, 0.25) is 0 Å². The van der Waals surface area contributed by atoms with Crippen LogP contribution in [-0.2, 0) is 14.8 Å². The first-order chi connectivity index (χ1) is 11.0. The number of sulfonamides is 1. The van der Waals surface area contributed by atoms with Gasteiger partial charge in [-0.3, -0.25) is 4.79 Å². The fourth-order valence-electron chi connectivity index (χ4n) is 2.40. The van der Waals surface area contributed by atoms with Crippen molar-refractivity contribution in [3.8, 4) is 0 Å². The molecule has 7 nitrogen and oxygen atoms in total. The molecule has 1 fully saturated rings. The van der Waals surface area contributed by atoms with E-state index in [0.717, 1.165) is 19.4 Å². The smallest absolute Gasteiger partial charge is 0.251 e. The van der Waals surface area contributed by atoms with Gasteiger partial charge >= 0.3 is 0 Å². The van der Waals surface area contributed by atoms with Crippen molar-refractivity contribution in [1.82, 2.24) is 15.4 Å². The predicted octanol–water partition coefficient (Wildman–Crippen LogP) is 0.515. The first kappa shape index (κ1) is 20.9. The number of carbonyl (C=O) groups is 1. The average molecular weight is 378 g/mol. The number of hydrogen-bond donors (Lipinski definition) is 3. The summed E-state index contributed by atoms with van der Waals surface area (Å²) in [7, 11) is -2.07. The minimum Gasteiger partial charge on any atom is -0.383 e. The number of ether oxygens (including phenoxy) is 1. The highest BCUT2D eigenvalue weighted by Crippen LogP contribution is 2.11. The van der Waals surface area contributed by atoms with Crippen molar-refractivity contribution in [3.05, 3.63) is 29.8 Å². The molecule has 1 atom stereocenters. The summed E-state index contributed by atoms with van der Waals surface area (Å²) in [4.78, 5) is 12.2. The molecule has 0 bridgehead atoms. The van der Waals surface area contributed by atoms with Crippen LogP contribution >= 0.6 is 12.4 Å². The normalized spacial score (nSPS) is 17.3. The number of amides is 1. The maximum atomic E-state index is 12.1. The molecule has 1 aromatic carbocycles. The first-order valence-corrected chi connectivity index (χ1v) is 9.11. The molecule has 2 rings (SSSR count). The standard InChI is InChI=1S/C15H23N3O4S.ClH/c1-22-10-9-18-23(20,21)14-6-4-12(5-7-14)15(19)17-11-13-3-2-8-16-13;/h4-7,13,16,18H,2-3,8-11H2,1H3,(H,17,19);1H. The second-order valence-electron chi connectivity index (χ2n) is 5.42. The zero-order valence-corrected chi connectivity index (χ0v) is 15.2. The van der Waals surface area contributed by atoms with Gasteiger partial charge in [0.25, 0.3) is 5.91 Å². The van der Waals surface area contributed by atoms with Crippen LogP contribution in [0.5, 0.6) is 0 Å². The SMILES string of the molecule is COCCNS(=O)(=O)c1ccc(C(=O)NCC2CCCN2)cc1.Cl. The monoisotopic (exact) mass is 377 g/mol. The summed E-state index contributed by atoms with van der Waals surface area (Å²) in [5, 5.41) is 6.16. The van der Waals surface area contributed by atoms with Crippen LogP contribution in [0.1, 0.15) is 23.2 Å². The number of halogens is 1. The molecule has 0 spiro atoms. The van der Waals surface area contributed by atoms with E-state index in [1.807, 2.05) is 0 Å². The number of benzene rings is 1. The van der Waals surface area contributed by atoms with Crippen LogP contribution in [0.25, 0.3) is 0 Å². The molecule has 24 heavy (non-hydrogen) atoms. The van der Waals surface area contributed by atoms with E-state index in [1.165, 1.54) is 31.4 Å². The average Bonchev–Trinajstić information content (AvgIpc) is 3.06. The second-order valence-corrected chi connectivity index (χ2v) is 7.19. The van der Waals surface area contributed by atoms with Crippen molar-refractivity contribution in [2.45, 2.75) is 23.8 Å². The largest absolute Gasteiger partial charge is 0.383 e. The molecule has 1 saturated heterocycles. The third kappa shape index (κ3) is 6.03. The van der Waals surface area contributed by atoms with E-state index in [-0.39, 0.29) is 29.8 Å². The summed E-state index contributed by atoms with van der Waals surface area (Å²) in [5.74, 6) is -0.199. The summed E-state index contributed by atoms with van der Waals surface area (Å²) in [6, 6.07) is 6.21. The molecule has 0 saturated carbocycles. The van der Waals surface area contributed by atoms with Crippen molar-refractivity contribution < 1.29 is 17.9 Å². The molecular formula is C15H24ClN3O4S. The van der Waals surface area contributed by atoms with Crippen LogP contribution in [-0.4, -0.2) is 53.7 Å². The van der Waals surface area contributed by atoms with E-state index >= 15 is 0 Å². The fraction of sp³-hybridized carbons (Fsp3) is 0.533. The quantitative estimate of drug-likeness (QED) is 0.574. The summed E-state index contributed by atoms with van der Waals surface area (Å²) in [6.45, 7) is 2.07. The van der Waals surface area contributed by atoms with Gasteiger partial charge in [-0.05, 0) is 43.7 Å². The number of nitrogens with one attached hydrogen (secondary N) is 3. The zero-order chi connectivity index (χ0) is 16.7. The third-order valence-corrected chi connectivity index (χ3v) is 5.17. The Kier molecular flexibility index (Phi) is 8.65. The lowest BCUT2D eigenvalue weighted by Gasteiger charge is -2.12.